The van der Waals surface area contributed by atoms with Crippen LogP contribution in [0.5, 0.6) is 0 Å². The lowest BCUT2D eigenvalue weighted by molar-refractivity contribution is -0.141. The normalized spacial score (nSPS) is 12.8. The molecule has 0 fully saturated rings. The minimum absolute atomic E-state index is 0.0993. The molecular weight excluding hydrogens is 256 g/mol. The number of benzene rings is 1. The van der Waals surface area contributed by atoms with Crippen LogP contribution in [0.3, 0.4) is 0 Å². The van der Waals surface area contributed by atoms with Crippen molar-refractivity contribution in [2.75, 3.05) is 6.54 Å². The second-order valence-electron chi connectivity index (χ2n) is 5.75. The fourth-order valence-electron chi connectivity index (χ4n) is 1.64. The zero-order chi connectivity index (χ0) is 15.2. The molecule has 1 aromatic carbocycles. The minimum atomic E-state index is -1.03. The Labute approximate surface area is 119 Å². The van der Waals surface area contributed by atoms with Crippen LogP contribution in [-0.2, 0) is 16.0 Å². The van der Waals surface area contributed by atoms with Gasteiger partial charge >= 0.3 is 5.97 Å². The van der Waals surface area contributed by atoms with Gasteiger partial charge in [0.05, 0.1) is 6.54 Å². The van der Waals surface area contributed by atoms with E-state index in [-0.39, 0.29) is 24.4 Å². The summed E-state index contributed by atoms with van der Waals surface area (Å²) in [5.41, 5.74) is 0.694. The lowest BCUT2D eigenvalue weighted by Crippen LogP contribution is -2.48. The fourth-order valence-corrected chi connectivity index (χ4v) is 1.64. The van der Waals surface area contributed by atoms with Crippen LogP contribution < -0.4 is 10.6 Å². The second-order valence-corrected chi connectivity index (χ2v) is 5.75. The second kappa shape index (κ2) is 7.05. The van der Waals surface area contributed by atoms with Crippen molar-refractivity contribution in [2.45, 2.75) is 38.8 Å². The number of rotatable bonds is 6. The van der Waals surface area contributed by atoms with Crippen LogP contribution >= 0.6 is 0 Å². The highest BCUT2D eigenvalue weighted by Gasteiger charge is 2.21. The number of carboxylic acid groups (broad SMARTS) is 1. The maximum Gasteiger partial charge on any atom is 0.326 e. The van der Waals surface area contributed by atoms with E-state index in [2.05, 4.69) is 10.6 Å². The highest BCUT2D eigenvalue weighted by atomic mass is 16.4. The molecule has 0 radical (unpaired) electrons. The first kappa shape index (κ1) is 16.2. The first-order chi connectivity index (χ1) is 9.28. The molecule has 0 aliphatic heterocycles. The fraction of sp³-hybridized carbons (Fsp3) is 0.467. The van der Waals surface area contributed by atoms with Crippen molar-refractivity contribution in [1.29, 1.82) is 0 Å². The van der Waals surface area contributed by atoms with Crippen molar-refractivity contribution >= 4 is 11.9 Å². The van der Waals surface area contributed by atoms with Gasteiger partial charge in [-0.25, -0.2) is 4.79 Å². The molecular formula is C15H22N2O3. The maximum absolute atomic E-state index is 11.8. The molecule has 1 aromatic rings. The van der Waals surface area contributed by atoms with E-state index >= 15 is 0 Å². The Balaban J connectivity index is 2.55. The third-order valence-electron chi connectivity index (χ3n) is 2.70. The first-order valence-corrected chi connectivity index (χ1v) is 6.59. The Morgan fingerprint density at radius 1 is 1.20 bits per heavy atom. The predicted molar refractivity (Wildman–Crippen MR) is 77.5 cm³/mol. The standard InChI is InChI=1S/C15H22N2O3/c1-15(2,3)16-10-13(18)17-12(14(19)20)9-11-7-5-4-6-8-11/h4-8,12,16H,9-10H2,1-3H3,(H,17,18)(H,19,20)/t12-/m0/s1. The summed E-state index contributed by atoms with van der Waals surface area (Å²) in [5, 5.41) is 14.7. The number of carboxylic acids is 1. The van der Waals surface area contributed by atoms with Gasteiger partial charge in [-0.3, -0.25) is 4.79 Å². The molecule has 0 saturated carbocycles. The molecule has 3 N–H and O–H groups in total. The molecule has 1 amide bonds. The molecule has 0 aromatic heterocycles. The summed E-state index contributed by atoms with van der Waals surface area (Å²) in [6.45, 7) is 5.93. The number of hydrogen-bond acceptors (Lipinski definition) is 3. The van der Waals surface area contributed by atoms with Gasteiger partial charge in [0.1, 0.15) is 6.04 Å². The predicted octanol–water partition coefficient (Wildman–Crippen LogP) is 1.19. The third-order valence-corrected chi connectivity index (χ3v) is 2.70. The number of amides is 1. The number of carbonyl (C=O) groups is 2. The van der Waals surface area contributed by atoms with E-state index < -0.39 is 12.0 Å². The third kappa shape index (κ3) is 6.33. The van der Waals surface area contributed by atoms with E-state index in [0.29, 0.717) is 0 Å². The molecule has 1 atom stereocenters. The number of hydrogen-bond donors (Lipinski definition) is 3. The average Bonchev–Trinajstić information content (AvgIpc) is 2.36. The summed E-state index contributed by atoms with van der Waals surface area (Å²) in [6.07, 6.45) is 0.275. The van der Waals surface area contributed by atoms with Crippen LogP contribution in [0.15, 0.2) is 30.3 Å². The average molecular weight is 278 g/mol. The van der Waals surface area contributed by atoms with Gasteiger partial charge in [-0.2, -0.15) is 0 Å². The van der Waals surface area contributed by atoms with Gasteiger partial charge in [-0.05, 0) is 26.3 Å². The Morgan fingerprint density at radius 3 is 2.30 bits per heavy atom. The molecule has 0 unspecified atom stereocenters. The summed E-state index contributed by atoms with van der Waals surface area (Å²) < 4.78 is 0. The Morgan fingerprint density at radius 2 is 1.80 bits per heavy atom. The largest absolute Gasteiger partial charge is 0.480 e. The molecule has 5 heteroatoms. The summed E-state index contributed by atoms with van der Waals surface area (Å²) >= 11 is 0. The number of nitrogens with one attached hydrogen (secondary N) is 2. The van der Waals surface area contributed by atoms with E-state index in [1.54, 1.807) is 0 Å². The topological polar surface area (TPSA) is 78.4 Å². The van der Waals surface area contributed by atoms with Gasteiger partial charge in [0.25, 0.3) is 0 Å². The Bertz CT molecular complexity index is 452. The molecule has 0 spiro atoms. The van der Waals surface area contributed by atoms with E-state index in [0.717, 1.165) is 5.56 Å². The van der Waals surface area contributed by atoms with Gasteiger partial charge in [0.2, 0.25) is 5.91 Å². The molecule has 0 aliphatic rings. The summed E-state index contributed by atoms with van der Waals surface area (Å²) in [4.78, 5) is 23.0. The van der Waals surface area contributed by atoms with Gasteiger partial charge in [-0.15, -0.1) is 0 Å². The molecule has 20 heavy (non-hydrogen) atoms. The zero-order valence-corrected chi connectivity index (χ0v) is 12.1. The Hall–Kier alpha value is -1.88. The van der Waals surface area contributed by atoms with Crippen LogP contribution in [0.4, 0.5) is 0 Å². The van der Waals surface area contributed by atoms with Crippen LogP contribution in [-0.4, -0.2) is 35.1 Å². The Kier molecular flexibility index (Phi) is 5.70. The van der Waals surface area contributed by atoms with Crippen LogP contribution in [0, 0.1) is 0 Å². The van der Waals surface area contributed by atoms with E-state index in [4.69, 9.17) is 0 Å². The van der Waals surface area contributed by atoms with Crippen molar-refractivity contribution < 1.29 is 14.7 Å². The molecule has 5 nitrogen and oxygen atoms in total. The van der Waals surface area contributed by atoms with E-state index in [1.807, 2.05) is 51.1 Å². The highest BCUT2D eigenvalue weighted by Crippen LogP contribution is 2.03. The highest BCUT2D eigenvalue weighted by molar-refractivity contribution is 5.84. The van der Waals surface area contributed by atoms with Gasteiger partial charge in [0.15, 0.2) is 0 Å². The van der Waals surface area contributed by atoms with Crippen molar-refractivity contribution in [2.24, 2.45) is 0 Å². The smallest absolute Gasteiger partial charge is 0.326 e. The molecule has 110 valence electrons. The summed E-state index contributed by atoms with van der Waals surface area (Å²) in [5.74, 6) is -1.35. The lowest BCUT2D eigenvalue weighted by atomic mass is 10.1. The zero-order valence-electron chi connectivity index (χ0n) is 12.1. The number of carbonyl (C=O) groups excluding carboxylic acids is 1. The van der Waals surface area contributed by atoms with Crippen LogP contribution in [0.2, 0.25) is 0 Å². The van der Waals surface area contributed by atoms with Crippen molar-refractivity contribution in [1.82, 2.24) is 10.6 Å². The van der Waals surface area contributed by atoms with Crippen molar-refractivity contribution in [3.8, 4) is 0 Å². The van der Waals surface area contributed by atoms with Crippen LogP contribution in [0.1, 0.15) is 26.3 Å². The van der Waals surface area contributed by atoms with Gasteiger partial charge < -0.3 is 15.7 Å². The monoisotopic (exact) mass is 278 g/mol. The summed E-state index contributed by atoms with van der Waals surface area (Å²) in [6, 6.07) is 8.33. The van der Waals surface area contributed by atoms with E-state index in [1.165, 1.54) is 0 Å². The molecule has 1 rings (SSSR count). The summed E-state index contributed by atoms with van der Waals surface area (Å²) in [7, 11) is 0. The molecule has 0 saturated heterocycles. The first-order valence-electron chi connectivity index (χ1n) is 6.59. The number of aliphatic carboxylic acids is 1. The maximum atomic E-state index is 11.8. The SMILES string of the molecule is CC(C)(C)NCC(=O)N[C@@H](Cc1ccccc1)C(=O)O. The van der Waals surface area contributed by atoms with Gasteiger partial charge in [-0.1, -0.05) is 30.3 Å². The molecule has 0 heterocycles. The van der Waals surface area contributed by atoms with E-state index in [9.17, 15) is 14.7 Å². The minimum Gasteiger partial charge on any atom is -0.480 e. The van der Waals surface area contributed by atoms with Crippen molar-refractivity contribution in [3.63, 3.8) is 0 Å². The molecule has 0 bridgehead atoms. The van der Waals surface area contributed by atoms with Crippen molar-refractivity contribution in [3.05, 3.63) is 35.9 Å². The van der Waals surface area contributed by atoms with Crippen LogP contribution in [0.25, 0.3) is 0 Å². The molecule has 0 aliphatic carbocycles. The quantitative estimate of drug-likeness (QED) is 0.730. The lowest BCUT2D eigenvalue weighted by Gasteiger charge is -2.21. The van der Waals surface area contributed by atoms with Gasteiger partial charge in [0, 0.05) is 12.0 Å².